The van der Waals surface area contributed by atoms with Gasteiger partial charge < -0.3 is 10.4 Å². The van der Waals surface area contributed by atoms with Crippen LogP contribution in [0.2, 0.25) is 0 Å². The molecule has 0 aromatic rings. The van der Waals surface area contributed by atoms with Crippen LogP contribution in [0.4, 0.5) is 0 Å². The van der Waals surface area contributed by atoms with E-state index in [9.17, 15) is 10.0 Å². The zero-order valence-corrected chi connectivity index (χ0v) is 15.0. The summed E-state index contributed by atoms with van der Waals surface area (Å²) in [6, 6.07) is 0. The van der Waals surface area contributed by atoms with Gasteiger partial charge in [-0.2, -0.15) is 0 Å². The van der Waals surface area contributed by atoms with Crippen LogP contribution in [0.5, 0.6) is 0 Å². The summed E-state index contributed by atoms with van der Waals surface area (Å²) in [6.07, 6.45) is 10.8. The van der Waals surface area contributed by atoms with Crippen molar-refractivity contribution < 1.29 is 10.0 Å². The molecule has 0 aromatic carbocycles. The van der Waals surface area contributed by atoms with E-state index in [2.05, 4.69) is 19.9 Å². The first-order valence-corrected chi connectivity index (χ1v) is 9.69. The Kier molecular flexibility index (Phi) is 3.94. The van der Waals surface area contributed by atoms with Gasteiger partial charge in [0, 0.05) is 18.4 Å². The van der Waals surface area contributed by atoms with Crippen LogP contribution in [0, 0.1) is 39.7 Å². The van der Waals surface area contributed by atoms with Crippen LogP contribution in [0.1, 0.15) is 65.2 Å². The molecular formula is C20H30NO3-. The van der Waals surface area contributed by atoms with E-state index in [-0.39, 0.29) is 17.2 Å². The molecule has 4 heteroatoms. The number of carbonyl (C=O) groups excluding carboxylic acids is 1. The number of hydrogen-bond acceptors (Lipinski definition) is 4. The zero-order chi connectivity index (χ0) is 17.1. The quantitative estimate of drug-likeness (QED) is 0.604. The molecule has 0 saturated heterocycles. The van der Waals surface area contributed by atoms with Crippen molar-refractivity contribution in [3.8, 4) is 0 Å². The van der Waals surface area contributed by atoms with Gasteiger partial charge >= 0.3 is 0 Å². The minimum absolute atomic E-state index is 0.0417. The third kappa shape index (κ3) is 2.33. The average Bonchev–Trinajstić information content (AvgIpc) is 2.83. The van der Waals surface area contributed by atoms with Crippen molar-refractivity contribution in [2.24, 2.45) is 34.5 Å². The number of hydroxylamine groups is 2. The lowest BCUT2D eigenvalue weighted by molar-refractivity contribution is -0.136. The normalized spacial score (nSPS) is 47.9. The van der Waals surface area contributed by atoms with Crippen molar-refractivity contribution in [3.63, 3.8) is 0 Å². The van der Waals surface area contributed by atoms with Crippen molar-refractivity contribution in [3.05, 3.63) is 16.9 Å². The maximum Gasteiger partial charge on any atom is 0.139 e. The molecule has 0 amide bonds. The molecule has 4 rings (SSSR count). The molecule has 3 fully saturated rings. The van der Waals surface area contributed by atoms with Crippen molar-refractivity contribution in [1.29, 1.82) is 0 Å². The monoisotopic (exact) mass is 332 g/mol. The summed E-state index contributed by atoms with van der Waals surface area (Å²) in [5.74, 6) is 3.17. The zero-order valence-electron chi connectivity index (χ0n) is 15.0. The van der Waals surface area contributed by atoms with Gasteiger partial charge in [-0.25, -0.2) is 0 Å². The lowest BCUT2D eigenvalue weighted by Gasteiger charge is -2.59. The van der Waals surface area contributed by atoms with Crippen molar-refractivity contribution in [2.45, 2.75) is 65.2 Å². The number of allylic oxidation sites excluding steroid dienone is 1. The highest BCUT2D eigenvalue weighted by molar-refractivity contribution is 5.87. The van der Waals surface area contributed by atoms with Gasteiger partial charge in [0.1, 0.15) is 5.78 Å². The number of Topliss-reactive ketones (excluding diaryl/α,β-unsaturated/α-hetero) is 1. The SMILES string of the molecule is CC12CCC3C(CCC4CC(CN([O-])O)=CCC43C)C1CCC2=O. The third-order valence-electron chi connectivity index (χ3n) is 8.45. The lowest BCUT2D eigenvalue weighted by Crippen LogP contribution is -2.52. The molecule has 0 heterocycles. The van der Waals surface area contributed by atoms with E-state index in [1.807, 2.05) is 0 Å². The Morgan fingerprint density at radius 3 is 2.79 bits per heavy atom. The molecule has 6 atom stereocenters. The Bertz CT molecular complexity index is 571. The van der Waals surface area contributed by atoms with Crippen LogP contribution in [0.15, 0.2) is 11.6 Å². The summed E-state index contributed by atoms with van der Waals surface area (Å²) in [5.41, 5.74) is 1.37. The fourth-order valence-corrected chi connectivity index (χ4v) is 7.03. The van der Waals surface area contributed by atoms with E-state index in [1.54, 1.807) is 0 Å². The predicted molar refractivity (Wildman–Crippen MR) is 92.1 cm³/mol. The molecule has 0 spiro atoms. The van der Waals surface area contributed by atoms with Gasteiger partial charge in [-0.3, -0.25) is 10.0 Å². The molecule has 134 valence electrons. The first kappa shape index (κ1) is 16.7. The molecule has 4 nitrogen and oxygen atoms in total. The second-order valence-electron chi connectivity index (χ2n) is 9.36. The largest absolute Gasteiger partial charge is 0.762 e. The van der Waals surface area contributed by atoms with Crippen molar-refractivity contribution in [1.82, 2.24) is 5.23 Å². The Labute approximate surface area is 144 Å². The van der Waals surface area contributed by atoms with Crippen LogP contribution in [0.25, 0.3) is 0 Å². The first-order chi connectivity index (χ1) is 11.3. The summed E-state index contributed by atoms with van der Waals surface area (Å²) in [7, 11) is 0. The van der Waals surface area contributed by atoms with Gasteiger partial charge in [0.25, 0.3) is 0 Å². The Hall–Kier alpha value is -0.710. The van der Waals surface area contributed by atoms with E-state index in [0.29, 0.717) is 29.0 Å². The molecule has 24 heavy (non-hydrogen) atoms. The number of hydrogen-bond donors (Lipinski definition) is 1. The molecule has 0 aromatic heterocycles. The van der Waals surface area contributed by atoms with E-state index < -0.39 is 0 Å². The number of nitrogens with zero attached hydrogens (tertiary/aromatic N) is 1. The van der Waals surface area contributed by atoms with Crippen LogP contribution < -0.4 is 0 Å². The molecule has 0 radical (unpaired) electrons. The van der Waals surface area contributed by atoms with E-state index in [4.69, 9.17) is 5.21 Å². The fourth-order valence-electron chi connectivity index (χ4n) is 7.03. The number of ketones is 1. The minimum atomic E-state index is -0.0417. The fraction of sp³-hybridized carbons (Fsp3) is 0.850. The summed E-state index contributed by atoms with van der Waals surface area (Å²) < 4.78 is 0. The lowest BCUT2D eigenvalue weighted by atomic mass is 9.45. The molecular weight excluding hydrogens is 302 g/mol. The van der Waals surface area contributed by atoms with Crippen molar-refractivity contribution in [2.75, 3.05) is 6.54 Å². The summed E-state index contributed by atoms with van der Waals surface area (Å²) in [4.78, 5) is 12.4. The Balaban J connectivity index is 1.58. The molecule has 4 aliphatic rings. The van der Waals surface area contributed by atoms with E-state index in [0.717, 1.165) is 43.6 Å². The highest BCUT2D eigenvalue weighted by Crippen LogP contribution is 2.65. The highest BCUT2D eigenvalue weighted by atomic mass is 16.8. The molecule has 1 N–H and O–H groups in total. The van der Waals surface area contributed by atoms with Gasteiger partial charge in [0.05, 0.1) is 0 Å². The summed E-state index contributed by atoms with van der Waals surface area (Å²) in [6.45, 7) is 4.82. The van der Waals surface area contributed by atoms with Crippen LogP contribution >= 0.6 is 0 Å². The van der Waals surface area contributed by atoms with Crippen LogP contribution in [-0.4, -0.2) is 22.8 Å². The van der Waals surface area contributed by atoms with E-state index >= 15 is 0 Å². The van der Waals surface area contributed by atoms with Gasteiger partial charge in [0.15, 0.2) is 0 Å². The number of carbonyl (C=O) groups is 1. The Morgan fingerprint density at radius 2 is 2.04 bits per heavy atom. The average molecular weight is 332 g/mol. The van der Waals surface area contributed by atoms with Crippen LogP contribution in [-0.2, 0) is 4.79 Å². The maximum atomic E-state index is 12.4. The highest BCUT2D eigenvalue weighted by Gasteiger charge is 2.59. The van der Waals surface area contributed by atoms with Gasteiger partial charge in [-0.15, -0.1) is 0 Å². The predicted octanol–water partition coefficient (Wildman–Crippen LogP) is 4.32. The van der Waals surface area contributed by atoms with E-state index in [1.165, 1.54) is 19.3 Å². The second kappa shape index (κ2) is 5.65. The van der Waals surface area contributed by atoms with Crippen molar-refractivity contribution >= 4 is 5.78 Å². The van der Waals surface area contributed by atoms with Gasteiger partial charge in [0.2, 0.25) is 0 Å². The molecule has 6 unspecified atom stereocenters. The summed E-state index contributed by atoms with van der Waals surface area (Å²) >= 11 is 0. The minimum Gasteiger partial charge on any atom is -0.762 e. The molecule has 0 bridgehead atoms. The molecule has 0 aliphatic heterocycles. The van der Waals surface area contributed by atoms with Gasteiger partial charge in [-0.05, 0) is 74.0 Å². The smallest absolute Gasteiger partial charge is 0.139 e. The summed E-state index contributed by atoms with van der Waals surface area (Å²) in [5, 5.41) is 20.0. The maximum absolute atomic E-state index is 12.4. The number of fused-ring (bicyclic) bond motifs is 5. The third-order valence-corrected chi connectivity index (χ3v) is 8.45. The Morgan fingerprint density at radius 1 is 1.25 bits per heavy atom. The second-order valence-corrected chi connectivity index (χ2v) is 9.36. The van der Waals surface area contributed by atoms with Crippen LogP contribution in [0.3, 0.4) is 0 Å². The van der Waals surface area contributed by atoms with Gasteiger partial charge in [-0.1, -0.05) is 25.5 Å². The topological polar surface area (TPSA) is 63.6 Å². The number of rotatable bonds is 2. The molecule has 3 saturated carbocycles. The standard InChI is InChI=1S/C20H30NO3/c1-19-9-7-13(12-21(23)24)11-14(19)3-4-15-16-5-6-18(22)20(16,2)10-8-17(15)19/h7,14-17,23H,3-6,8-12H2,1-2H3/q-1. The molecule has 4 aliphatic carbocycles. The first-order valence-electron chi connectivity index (χ1n) is 9.69.